The van der Waals surface area contributed by atoms with Crippen LogP contribution in [-0.4, -0.2) is 61.3 Å². The van der Waals surface area contributed by atoms with Gasteiger partial charge in [0.2, 0.25) is 0 Å². The molecule has 3 rings (SSSR count). The SMILES string of the molecule is COC(=O)CCc1c(-c2ccc(C#N)cc2)c(C(N)=O)c(C)n1CCCN1CCOCC1. The molecule has 32 heavy (non-hydrogen) atoms. The Morgan fingerprint density at radius 3 is 2.47 bits per heavy atom. The van der Waals surface area contributed by atoms with Gasteiger partial charge in [-0.3, -0.25) is 14.5 Å². The maximum atomic E-state index is 12.5. The van der Waals surface area contributed by atoms with Gasteiger partial charge in [0.05, 0.1) is 43.9 Å². The fourth-order valence-electron chi connectivity index (χ4n) is 4.28. The number of carbonyl (C=O) groups is 2. The van der Waals surface area contributed by atoms with Gasteiger partial charge in [-0.1, -0.05) is 12.1 Å². The molecule has 8 heteroatoms. The summed E-state index contributed by atoms with van der Waals surface area (Å²) in [6.45, 7) is 6.87. The molecule has 0 saturated carbocycles. The quantitative estimate of drug-likeness (QED) is 0.601. The molecule has 1 aromatic carbocycles. The summed E-state index contributed by atoms with van der Waals surface area (Å²) in [5.74, 6) is -0.816. The van der Waals surface area contributed by atoms with Crippen molar-refractivity contribution >= 4 is 11.9 Å². The van der Waals surface area contributed by atoms with E-state index in [0.717, 1.165) is 61.8 Å². The Morgan fingerprint density at radius 1 is 1.19 bits per heavy atom. The second-order valence-corrected chi connectivity index (χ2v) is 7.87. The number of methoxy groups -OCH3 is 1. The number of primary amides is 1. The third kappa shape index (κ3) is 5.36. The molecule has 1 aliphatic rings. The minimum absolute atomic E-state index is 0.199. The Morgan fingerprint density at radius 2 is 1.88 bits per heavy atom. The van der Waals surface area contributed by atoms with E-state index in [1.165, 1.54) is 7.11 Å². The molecule has 8 nitrogen and oxygen atoms in total. The number of amides is 1. The van der Waals surface area contributed by atoms with Gasteiger partial charge < -0.3 is 19.8 Å². The molecule has 2 heterocycles. The highest BCUT2D eigenvalue weighted by Gasteiger charge is 2.25. The molecule has 170 valence electrons. The summed E-state index contributed by atoms with van der Waals surface area (Å²) in [4.78, 5) is 26.7. The Balaban J connectivity index is 1.98. The topological polar surface area (TPSA) is 111 Å². The number of morpholine rings is 1. The summed E-state index contributed by atoms with van der Waals surface area (Å²) in [5, 5.41) is 9.13. The number of ether oxygens (including phenoxy) is 2. The van der Waals surface area contributed by atoms with Crippen LogP contribution in [0.1, 0.15) is 40.2 Å². The van der Waals surface area contributed by atoms with E-state index in [-0.39, 0.29) is 12.4 Å². The highest BCUT2D eigenvalue weighted by molar-refractivity contribution is 6.02. The van der Waals surface area contributed by atoms with E-state index in [4.69, 9.17) is 20.5 Å². The lowest BCUT2D eigenvalue weighted by molar-refractivity contribution is -0.140. The maximum absolute atomic E-state index is 12.5. The molecule has 0 unspecified atom stereocenters. The van der Waals surface area contributed by atoms with Crippen LogP contribution in [0.4, 0.5) is 0 Å². The minimum Gasteiger partial charge on any atom is -0.469 e. The summed E-state index contributed by atoms with van der Waals surface area (Å²) < 4.78 is 12.4. The predicted octanol–water partition coefficient (Wildman–Crippen LogP) is 2.26. The molecule has 2 N–H and O–H groups in total. The van der Waals surface area contributed by atoms with Gasteiger partial charge in [0, 0.05) is 43.1 Å². The Kier molecular flexibility index (Phi) is 8.03. The van der Waals surface area contributed by atoms with Crippen molar-refractivity contribution in [1.29, 1.82) is 5.26 Å². The van der Waals surface area contributed by atoms with Crippen LogP contribution in [0.2, 0.25) is 0 Å². The van der Waals surface area contributed by atoms with Crippen molar-refractivity contribution in [3.05, 3.63) is 46.8 Å². The zero-order chi connectivity index (χ0) is 23.1. The summed E-state index contributed by atoms with van der Waals surface area (Å²) in [6, 6.07) is 9.18. The summed E-state index contributed by atoms with van der Waals surface area (Å²) in [7, 11) is 1.37. The Labute approximate surface area is 188 Å². The number of aromatic nitrogens is 1. The number of nitrogens with zero attached hydrogens (tertiary/aromatic N) is 3. The van der Waals surface area contributed by atoms with Crippen molar-refractivity contribution in [2.45, 2.75) is 32.7 Å². The lowest BCUT2D eigenvalue weighted by atomic mass is 9.97. The van der Waals surface area contributed by atoms with Crippen LogP contribution in [0, 0.1) is 18.3 Å². The van der Waals surface area contributed by atoms with Gasteiger partial charge in [-0.15, -0.1) is 0 Å². The molecule has 0 radical (unpaired) electrons. The summed E-state index contributed by atoms with van der Waals surface area (Å²) >= 11 is 0. The van der Waals surface area contributed by atoms with Gasteiger partial charge in [-0.2, -0.15) is 5.26 Å². The van der Waals surface area contributed by atoms with E-state index in [2.05, 4.69) is 15.5 Å². The smallest absolute Gasteiger partial charge is 0.305 e. The zero-order valence-corrected chi connectivity index (χ0v) is 18.7. The molecular formula is C24H30N4O4. The number of nitriles is 1. The van der Waals surface area contributed by atoms with Crippen LogP contribution < -0.4 is 5.73 Å². The van der Waals surface area contributed by atoms with Crippen molar-refractivity contribution in [2.24, 2.45) is 5.73 Å². The monoisotopic (exact) mass is 438 g/mol. The molecular weight excluding hydrogens is 408 g/mol. The predicted molar refractivity (Wildman–Crippen MR) is 120 cm³/mol. The fourth-order valence-corrected chi connectivity index (χ4v) is 4.28. The molecule has 0 aliphatic carbocycles. The van der Waals surface area contributed by atoms with Crippen molar-refractivity contribution in [3.8, 4) is 17.2 Å². The fraction of sp³-hybridized carbons (Fsp3) is 0.458. The highest BCUT2D eigenvalue weighted by atomic mass is 16.5. The molecule has 1 fully saturated rings. The number of carbonyl (C=O) groups excluding carboxylic acids is 2. The van der Waals surface area contributed by atoms with Gasteiger partial charge in [-0.25, -0.2) is 0 Å². The molecule has 0 atom stereocenters. The number of benzene rings is 1. The average molecular weight is 439 g/mol. The molecule has 1 amide bonds. The Bertz CT molecular complexity index is 998. The van der Waals surface area contributed by atoms with Gasteiger partial charge in [0.25, 0.3) is 5.91 Å². The molecule has 1 saturated heterocycles. The first kappa shape index (κ1) is 23.5. The number of rotatable bonds is 9. The number of hydrogen-bond donors (Lipinski definition) is 1. The summed E-state index contributed by atoms with van der Waals surface area (Å²) in [5.41, 5.74) is 10.00. The summed E-state index contributed by atoms with van der Waals surface area (Å²) in [6.07, 6.45) is 1.52. The average Bonchev–Trinajstić information content (AvgIpc) is 3.09. The molecule has 1 aromatic heterocycles. The van der Waals surface area contributed by atoms with Crippen molar-refractivity contribution in [1.82, 2.24) is 9.47 Å². The van der Waals surface area contributed by atoms with Crippen LogP contribution in [-0.2, 0) is 27.2 Å². The van der Waals surface area contributed by atoms with Crippen molar-refractivity contribution < 1.29 is 19.1 Å². The molecule has 1 aliphatic heterocycles. The second-order valence-electron chi connectivity index (χ2n) is 7.87. The minimum atomic E-state index is -0.506. The number of hydrogen-bond acceptors (Lipinski definition) is 6. The van der Waals surface area contributed by atoms with E-state index < -0.39 is 5.91 Å². The largest absolute Gasteiger partial charge is 0.469 e. The molecule has 0 bridgehead atoms. The van der Waals surface area contributed by atoms with Gasteiger partial charge in [-0.05, 0) is 37.5 Å². The third-order valence-electron chi connectivity index (χ3n) is 5.93. The van der Waals surface area contributed by atoms with E-state index in [0.29, 0.717) is 24.1 Å². The van der Waals surface area contributed by atoms with Crippen molar-refractivity contribution in [2.75, 3.05) is 40.0 Å². The van der Waals surface area contributed by atoms with Crippen LogP contribution in [0.5, 0.6) is 0 Å². The van der Waals surface area contributed by atoms with Gasteiger partial charge in [0.15, 0.2) is 0 Å². The number of nitrogens with two attached hydrogens (primary N) is 1. The van der Waals surface area contributed by atoms with Gasteiger partial charge in [0.1, 0.15) is 0 Å². The zero-order valence-electron chi connectivity index (χ0n) is 18.7. The van der Waals surface area contributed by atoms with Crippen LogP contribution in [0.15, 0.2) is 24.3 Å². The van der Waals surface area contributed by atoms with E-state index in [1.807, 2.05) is 19.1 Å². The van der Waals surface area contributed by atoms with E-state index in [9.17, 15) is 9.59 Å². The highest BCUT2D eigenvalue weighted by Crippen LogP contribution is 2.34. The lowest BCUT2D eigenvalue weighted by Gasteiger charge is -2.26. The lowest BCUT2D eigenvalue weighted by Crippen LogP contribution is -2.37. The standard InChI is InChI=1S/C24H30N4O4/c1-17-22(24(26)30)23(19-6-4-18(16-25)5-7-19)20(8-9-21(29)31-2)28(17)11-3-10-27-12-14-32-15-13-27/h4-7H,3,8-15H2,1-2H3,(H2,26,30). The van der Waals surface area contributed by atoms with Crippen LogP contribution >= 0.6 is 0 Å². The normalized spacial score (nSPS) is 14.2. The first-order chi connectivity index (χ1) is 15.5. The number of esters is 1. The molecule has 0 spiro atoms. The molecule has 2 aromatic rings. The van der Waals surface area contributed by atoms with Crippen LogP contribution in [0.3, 0.4) is 0 Å². The first-order valence-electron chi connectivity index (χ1n) is 10.9. The second kappa shape index (κ2) is 10.9. The van der Waals surface area contributed by atoms with Gasteiger partial charge >= 0.3 is 5.97 Å². The van der Waals surface area contributed by atoms with Crippen LogP contribution in [0.25, 0.3) is 11.1 Å². The van der Waals surface area contributed by atoms with Crippen molar-refractivity contribution in [3.63, 3.8) is 0 Å². The third-order valence-corrected chi connectivity index (χ3v) is 5.93. The van der Waals surface area contributed by atoms with E-state index >= 15 is 0 Å². The first-order valence-corrected chi connectivity index (χ1v) is 10.9. The maximum Gasteiger partial charge on any atom is 0.305 e. The Hall–Kier alpha value is -3.15. The van der Waals surface area contributed by atoms with E-state index in [1.54, 1.807) is 12.1 Å².